The van der Waals surface area contributed by atoms with Gasteiger partial charge in [-0.3, -0.25) is 9.59 Å². The third kappa shape index (κ3) is 8.30. The van der Waals surface area contributed by atoms with Crippen molar-refractivity contribution in [1.82, 2.24) is 15.2 Å². The highest BCUT2D eigenvalue weighted by Gasteiger charge is 2.10. The van der Waals surface area contributed by atoms with Gasteiger partial charge in [0.2, 0.25) is 0 Å². The lowest BCUT2D eigenvalue weighted by molar-refractivity contribution is -0.122. The number of carbonyl (C=O) groups excluding carboxylic acids is 1. The minimum absolute atomic E-state index is 0.178. The lowest BCUT2D eigenvalue weighted by atomic mass is 10.2. The zero-order chi connectivity index (χ0) is 16.3. The first kappa shape index (κ1) is 18.5. The third-order valence-corrected chi connectivity index (χ3v) is 2.21. The van der Waals surface area contributed by atoms with Crippen molar-refractivity contribution in [3.8, 4) is 6.07 Å². The molecule has 1 aromatic rings. The molecule has 0 aliphatic carbocycles. The smallest absolute Gasteiger partial charge is 0.290 e. The lowest BCUT2D eigenvalue weighted by Crippen LogP contribution is -2.37. The number of aliphatic hydroxyl groups is 1. The summed E-state index contributed by atoms with van der Waals surface area (Å²) in [6, 6.07) is 4.88. The van der Waals surface area contributed by atoms with Gasteiger partial charge < -0.3 is 20.4 Å². The van der Waals surface area contributed by atoms with Gasteiger partial charge in [0.05, 0.1) is 11.7 Å². The SMILES string of the molecule is CN(C)CC(O)CNC(=O)c1ccc(C#N)nc1.O=CO. The van der Waals surface area contributed by atoms with Gasteiger partial charge in [0.1, 0.15) is 11.8 Å². The van der Waals surface area contributed by atoms with E-state index < -0.39 is 6.10 Å². The number of rotatable bonds is 5. The number of amides is 1. The number of aliphatic hydroxyl groups excluding tert-OH is 1. The van der Waals surface area contributed by atoms with E-state index in [1.807, 2.05) is 25.1 Å². The molecule has 0 aliphatic heterocycles. The van der Waals surface area contributed by atoms with Crippen LogP contribution in [0.15, 0.2) is 18.3 Å². The van der Waals surface area contributed by atoms with E-state index in [9.17, 15) is 9.90 Å². The van der Waals surface area contributed by atoms with Gasteiger partial charge in [-0.15, -0.1) is 0 Å². The van der Waals surface area contributed by atoms with Gasteiger partial charge in [0, 0.05) is 19.3 Å². The molecule has 0 radical (unpaired) electrons. The molecule has 1 aromatic heterocycles. The van der Waals surface area contributed by atoms with E-state index in [0.29, 0.717) is 12.1 Å². The molecule has 1 rings (SSSR count). The molecule has 3 N–H and O–H groups in total. The van der Waals surface area contributed by atoms with Crippen molar-refractivity contribution >= 4 is 12.4 Å². The first-order valence-corrected chi connectivity index (χ1v) is 5.99. The van der Waals surface area contributed by atoms with E-state index in [4.69, 9.17) is 15.2 Å². The van der Waals surface area contributed by atoms with Crippen LogP contribution in [-0.2, 0) is 4.79 Å². The average Bonchev–Trinajstić information content (AvgIpc) is 2.45. The summed E-state index contributed by atoms with van der Waals surface area (Å²) in [5.74, 6) is -0.315. The highest BCUT2D eigenvalue weighted by molar-refractivity contribution is 5.93. The first-order valence-electron chi connectivity index (χ1n) is 5.99. The molecule has 0 aliphatic rings. The number of hydrogen-bond acceptors (Lipinski definition) is 6. The highest BCUT2D eigenvalue weighted by Crippen LogP contribution is 1.99. The summed E-state index contributed by atoms with van der Waals surface area (Å²) in [5, 5.41) is 27.7. The molecule has 21 heavy (non-hydrogen) atoms. The van der Waals surface area contributed by atoms with Gasteiger partial charge >= 0.3 is 0 Å². The average molecular weight is 294 g/mol. The number of likely N-dealkylation sites (N-methyl/N-ethyl adjacent to an activating group) is 1. The molecule has 0 aromatic carbocycles. The molecule has 0 bridgehead atoms. The molecular formula is C13H18N4O4. The van der Waals surface area contributed by atoms with Crippen LogP contribution in [0.25, 0.3) is 0 Å². The minimum atomic E-state index is -0.615. The number of nitrogens with one attached hydrogen (secondary N) is 1. The Labute approximate surface area is 122 Å². The molecule has 114 valence electrons. The summed E-state index contributed by atoms with van der Waals surface area (Å²) in [4.78, 5) is 25.7. The fraction of sp³-hybridized carbons (Fsp3) is 0.385. The Morgan fingerprint density at radius 3 is 2.62 bits per heavy atom. The van der Waals surface area contributed by atoms with Crippen LogP contribution < -0.4 is 5.32 Å². The number of aromatic nitrogens is 1. The van der Waals surface area contributed by atoms with E-state index in [2.05, 4.69) is 10.3 Å². The molecular weight excluding hydrogens is 276 g/mol. The van der Waals surface area contributed by atoms with Crippen LogP contribution in [0, 0.1) is 11.3 Å². The van der Waals surface area contributed by atoms with E-state index in [0.717, 1.165) is 0 Å². The summed E-state index contributed by atoms with van der Waals surface area (Å²) in [5.41, 5.74) is 0.630. The Balaban J connectivity index is 0.00000122. The zero-order valence-electron chi connectivity index (χ0n) is 11.9. The maximum Gasteiger partial charge on any atom is 0.290 e. The fourth-order valence-corrected chi connectivity index (χ4v) is 1.39. The van der Waals surface area contributed by atoms with E-state index in [1.54, 1.807) is 0 Å². The zero-order valence-corrected chi connectivity index (χ0v) is 11.9. The standard InChI is InChI=1S/C12H16N4O2.CH2O2/c1-16(2)8-11(17)7-15-12(18)9-3-4-10(5-13)14-6-9;2-1-3/h3-4,6,11,17H,7-8H2,1-2H3,(H,15,18);1H,(H,2,3). The van der Waals surface area contributed by atoms with E-state index in [1.165, 1.54) is 18.3 Å². The van der Waals surface area contributed by atoms with Crippen molar-refractivity contribution < 1.29 is 19.8 Å². The van der Waals surface area contributed by atoms with E-state index >= 15 is 0 Å². The molecule has 0 spiro atoms. The maximum atomic E-state index is 11.7. The number of carbonyl (C=O) groups is 2. The van der Waals surface area contributed by atoms with Crippen molar-refractivity contribution in [1.29, 1.82) is 5.26 Å². The summed E-state index contributed by atoms with van der Waals surface area (Å²) < 4.78 is 0. The minimum Gasteiger partial charge on any atom is -0.483 e. The van der Waals surface area contributed by atoms with Crippen molar-refractivity contribution in [3.05, 3.63) is 29.6 Å². The summed E-state index contributed by atoms with van der Waals surface area (Å²) in [7, 11) is 3.69. The second-order valence-corrected chi connectivity index (χ2v) is 4.28. The van der Waals surface area contributed by atoms with Gasteiger partial charge in [-0.2, -0.15) is 5.26 Å². The Kier molecular flexibility index (Phi) is 9.08. The maximum absolute atomic E-state index is 11.7. The van der Waals surface area contributed by atoms with E-state index in [-0.39, 0.29) is 24.6 Å². The molecule has 8 nitrogen and oxygen atoms in total. The van der Waals surface area contributed by atoms with Crippen LogP contribution in [0.4, 0.5) is 0 Å². The predicted octanol–water partition coefficient (Wildman–Crippen LogP) is -0.694. The Hall–Kier alpha value is -2.50. The van der Waals surface area contributed by atoms with Gasteiger partial charge in [0.25, 0.3) is 12.4 Å². The molecule has 0 saturated carbocycles. The molecule has 1 unspecified atom stereocenters. The van der Waals surface area contributed by atoms with Gasteiger partial charge in [-0.1, -0.05) is 0 Å². The predicted molar refractivity (Wildman–Crippen MR) is 74.5 cm³/mol. The van der Waals surface area contributed by atoms with Crippen LogP contribution in [-0.4, -0.2) is 65.8 Å². The van der Waals surface area contributed by atoms with Crippen LogP contribution in [0.5, 0.6) is 0 Å². The molecule has 1 amide bonds. The second kappa shape index (κ2) is 10.3. The second-order valence-electron chi connectivity index (χ2n) is 4.28. The lowest BCUT2D eigenvalue weighted by Gasteiger charge is -2.16. The number of carboxylic acid groups (broad SMARTS) is 1. The quantitative estimate of drug-likeness (QED) is 0.613. The number of hydrogen-bond donors (Lipinski definition) is 3. The fourth-order valence-electron chi connectivity index (χ4n) is 1.39. The van der Waals surface area contributed by atoms with Crippen LogP contribution in [0.2, 0.25) is 0 Å². The molecule has 0 fully saturated rings. The third-order valence-electron chi connectivity index (χ3n) is 2.21. The van der Waals surface area contributed by atoms with Crippen molar-refractivity contribution in [2.45, 2.75) is 6.10 Å². The number of nitriles is 1. The molecule has 1 atom stereocenters. The normalized spacial score (nSPS) is 10.8. The van der Waals surface area contributed by atoms with Crippen molar-refractivity contribution in [2.75, 3.05) is 27.2 Å². The van der Waals surface area contributed by atoms with Crippen molar-refractivity contribution in [3.63, 3.8) is 0 Å². The highest BCUT2D eigenvalue weighted by atomic mass is 16.3. The van der Waals surface area contributed by atoms with Gasteiger partial charge in [-0.25, -0.2) is 4.98 Å². The topological polar surface area (TPSA) is 127 Å². The Morgan fingerprint density at radius 2 is 2.19 bits per heavy atom. The summed E-state index contributed by atoms with van der Waals surface area (Å²) >= 11 is 0. The summed E-state index contributed by atoms with van der Waals surface area (Å²) in [6.07, 6.45) is 0.724. The number of pyridine rings is 1. The molecule has 0 saturated heterocycles. The Morgan fingerprint density at radius 1 is 1.57 bits per heavy atom. The van der Waals surface area contributed by atoms with Crippen molar-refractivity contribution in [2.24, 2.45) is 0 Å². The Bertz CT molecular complexity index is 482. The van der Waals surface area contributed by atoms with Crippen LogP contribution >= 0.6 is 0 Å². The molecule has 8 heteroatoms. The first-order chi connectivity index (χ1) is 9.94. The van der Waals surface area contributed by atoms with Gasteiger partial charge in [-0.05, 0) is 26.2 Å². The van der Waals surface area contributed by atoms with Crippen LogP contribution in [0.1, 0.15) is 16.1 Å². The van der Waals surface area contributed by atoms with Gasteiger partial charge in [0.15, 0.2) is 0 Å². The summed E-state index contributed by atoms with van der Waals surface area (Å²) in [6.45, 7) is 0.406. The molecule has 1 heterocycles. The van der Waals surface area contributed by atoms with Crippen LogP contribution in [0.3, 0.4) is 0 Å². The number of nitrogens with zero attached hydrogens (tertiary/aromatic N) is 3. The largest absolute Gasteiger partial charge is 0.483 e. The monoisotopic (exact) mass is 294 g/mol.